The van der Waals surface area contributed by atoms with E-state index in [0.29, 0.717) is 18.4 Å². The Labute approximate surface area is 114 Å². The van der Waals surface area contributed by atoms with Crippen molar-refractivity contribution in [3.05, 3.63) is 29.8 Å². The lowest BCUT2D eigenvalue weighted by atomic mass is 9.99. The maximum absolute atomic E-state index is 10.9. The van der Waals surface area contributed by atoms with E-state index in [1.807, 2.05) is 0 Å². The number of nitrogens with zero attached hydrogens (tertiary/aromatic N) is 1. The number of hydrogen-bond donors (Lipinski definition) is 0. The van der Waals surface area contributed by atoms with E-state index in [-0.39, 0.29) is 0 Å². The van der Waals surface area contributed by atoms with Gasteiger partial charge in [-0.2, -0.15) is 0 Å². The first-order valence-electron chi connectivity index (χ1n) is 7.24. The number of aldehydes is 1. The Morgan fingerprint density at radius 2 is 2.05 bits per heavy atom. The second-order valence-electron chi connectivity index (χ2n) is 5.60. The number of para-hydroxylation sites is 1. The van der Waals surface area contributed by atoms with Crippen molar-refractivity contribution in [3.63, 3.8) is 0 Å². The van der Waals surface area contributed by atoms with Gasteiger partial charge in [0.05, 0.1) is 0 Å². The highest BCUT2D eigenvalue weighted by molar-refractivity contribution is 5.62. The second-order valence-corrected chi connectivity index (χ2v) is 5.60. The second kappa shape index (κ2) is 5.74. The number of ether oxygens (including phenoxy) is 1. The zero-order valence-electron chi connectivity index (χ0n) is 11.3. The fourth-order valence-corrected chi connectivity index (χ4v) is 3.30. The van der Waals surface area contributed by atoms with E-state index in [2.05, 4.69) is 29.2 Å². The van der Waals surface area contributed by atoms with Crippen molar-refractivity contribution in [1.29, 1.82) is 0 Å². The topological polar surface area (TPSA) is 29.5 Å². The number of anilines is 1. The van der Waals surface area contributed by atoms with Crippen LogP contribution in [0.3, 0.4) is 0 Å². The van der Waals surface area contributed by atoms with E-state index >= 15 is 0 Å². The smallest absolute Gasteiger partial charge is 0.122 e. The van der Waals surface area contributed by atoms with E-state index in [1.54, 1.807) is 0 Å². The Morgan fingerprint density at radius 3 is 2.84 bits per heavy atom. The van der Waals surface area contributed by atoms with E-state index in [1.165, 1.54) is 11.3 Å². The zero-order valence-corrected chi connectivity index (χ0v) is 11.3. The van der Waals surface area contributed by atoms with E-state index in [9.17, 15) is 4.79 Å². The minimum atomic E-state index is 0.359. The van der Waals surface area contributed by atoms with Crippen LogP contribution in [0, 0.1) is 5.92 Å². The predicted molar refractivity (Wildman–Crippen MR) is 75.5 cm³/mol. The number of rotatable bonds is 4. The molecule has 0 aromatic heterocycles. The van der Waals surface area contributed by atoms with Gasteiger partial charge in [-0.1, -0.05) is 18.2 Å². The van der Waals surface area contributed by atoms with Gasteiger partial charge in [0.25, 0.3) is 0 Å². The molecule has 1 aromatic carbocycles. The lowest BCUT2D eigenvalue weighted by molar-refractivity contribution is -0.108. The number of fused-ring (bicyclic) bond motifs is 1. The van der Waals surface area contributed by atoms with Crippen molar-refractivity contribution in [2.24, 2.45) is 5.92 Å². The molecule has 0 radical (unpaired) electrons. The molecule has 3 heteroatoms. The van der Waals surface area contributed by atoms with Crippen LogP contribution in [0.4, 0.5) is 5.69 Å². The van der Waals surface area contributed by atoms with Gasteiger partial charge in [0.15, 0.2) is 0 Å². The van der Waals surface area contributed by atoms with Crippen LogP contribution in [0.2, 0.25) is 0 Å². The summed E-state index contributed by atoms with van der Waals surface area (Å²) in [6.45, 7) is 2.84. The largest absolute Gasteiger partial charge is 0.381 e. The summed E-state index contributed by atoms with van der Waals surface area (Å²) >= 11 is 0. The van der Waals surface area contributed by atoms with E-state index < -0.39 is 0 Å². The van der Waals surface area contributed by atoms with Crippen LogP contribution in [0.1, 0.15) is 24.8 Å². The van der Waals surface area contributed by atoms with Gasteiger partial charge in [0.2, 0.25) is 0 Å². The molecule has 102 valence electrons. The Kier molecular flexibility index (Phi) is 3.83. The Hall–Kier alpha value is -1.35. The summed E-state index contributed by atoms with van der Waals surface area (Å²) < 4.78 is 5.43. The Morgan fingerprint density at radius 1 is 1.26 bits per heavy atom. The van der Waals surface area contributed by atoms with Crippen molar-refractivity contribution >= 4 is 12.0 Å². The molecule has 19 heavy (non-hydrogen) atoms. The lowest BCUT2D eigenvalue weighted by Gasteiger charge is -2.32. The van der Waals surface area contributed by atoms with Gasteiger partial charge in [-0.3, -0.25) is 0 Å². The first-order valence-corrected chi connectivity index (χ1v) is 7.24. The first-order chi connectivity index (χ1) is 9.38. The van der Waals surface area contributed by atoms with Crippen molar-refractivity contribution in [2.75, 3.05) is 24.7 Å². The molecule has 1 atom stereocenters. The van der Waals surface area contributed by atoms with Crippen LogP contribution in [0.15, 0.2) is 24.3 Å². The molecule has 0 saturated carbocycles. The van der Waals surface area contributed by atoms with Crippen LogP contribution in [-0.4, -0.2) is 32.1 Å². The highest BCUT2D eigenvalue weighted by Gasteiger charge is 2.30. The SMILES string of the molecule is O=CCC1Cc2ccccc2N1CC1CCOCC1. The molecular formula is C16H21NO2. The molecule has 0 amide bonds. The third-order valence-corrected chi connectivity index (χ3v) is 4.36. The molecule has 1 aromatic rings. The molecule has 1 saturated heterocycles. The molecule has 1 fully saturated rings. The standard InChI is InChI=1S/C16H21NO2/c18-8-5-15-11-14-3-1-2-4-16(14)17(15)12-13-6-9-19-10-7-13/h1-4,8,13,15H,5-7,9-12H2. The molecule has 3 nitrogen and oxygen atoms in total. The minimum Gasteiger partial charge on any atom is -0.381 e. The molecule has 2 aliphatic rings. The van der Waals surface area contributed by atoms with Crippen LogP contribution < -0.4 is 4.90 Å². The number of hydrogen-bond acceptors (Lipinski definition) is 3. The van der Waals surface area contributed by atoms with Gasteiger partial charge in [-0.15, -0.1) is 0 Å². The third kappa shape index (κ3) is 2.66. The normalized spacial score (nSPS) is 23.4. The number of carbonyl (C=O) groups is 1. The summed E-state index contributed by atoms with van der Waals surface area (Å²) in [5.41, 5.74) is 2.72. The van der Waals surface area contributed by atoms with Gasteiger partial charge < -0.3 is 14.4 Å². The van der Waals surface area contributed by atoms with Gasteiger partial charge in [0, 0.05) is 37.9 Å². The summed E-state index contributed by atoms with van der Waals surface area (Å²) in [5.74, 6) is 0.703. The summed E-state index contributed by atoms with van der Waals surface area (Å²) in [6, 6.07) is 8.93. The summed E-state index contributed by atoms with van der Waals surface area (Å²) in [6.07, 6.45) is 5.00. The van der Waals surface area contributed by atoms with Crippen LogP contribution >= 0.6 is 0 Å². The fourth-order valence-electron chi connectivity index (χ4n) is 3.30. The van der Waals surface area contributed by atoms with Crippen LogP contribution in [-0.2, 0) is 16.0 Å². The molecule has 3 rings (SSSR count). The van der Waals surface area contributed by atoms with Crippen LogP contribution in [0.5, 0.6) is 0 Å². The molecule has 2 aliphatic heterocycles. The Bertz CT molecular complexity index is 440. The summed E-state index contributed by atoms with van der Waals surface area (Å²) in [4.78, 5) is 13.4. The molecule has 0 N–H and O–H groups in total. The third-order valence-electron chi connectivity index (χ3n) is 4.36. The van der Waals surface area contributed by atoms with E-state index in [4.69, 9.17) is 4.74 Å². The molecule has 2 heterocycles. The van der Waals surface area contributed by atoms with Gasteiger partial charge in [0.1, 0.15) is 6.29 Å². The minimum absolute atomic E-state index is 0.359. The maximum Gasteiger partial charge on any atom is 0.122 e. The predicted octanol–water partition coefficient (Wildman–Crippen LogP) is 2.43. The summed E-state index contributed by atoms with van der Waals surface area (Å²) in [5, 5.41) is 0. The van der Waals surface area contributed by atoms with Crippen molar-refractivity contribution in [2.45, 2.75) is 31.7 Å². The average molecular weight is 259 g/mol. The summed E-state index contributed by atoms with van der Waals surface area (Å²) in [7, 11) is 0. The number of benzene rings is 1. The van der Waals surface area contributed by atoms with Gasteiger partial charge in [-0.05, 0) is 36.8 Å². The number of carbonyl (C=O) groups excluding carboxylic acids is 1. The lowest BCUT2D eigenvalue weighted by Crippen LogP contribution is -2.38. The van der Waals surface area contributed by atoms with E-state index in [0.717, 1.165) is 45.3 Å². The zero-order chi connectivity index (χ0) is 13.1. The highest BCUT2D eigenvalue weighted by atomic mass is 16.5. The fraction of sp³-hybridized carbons (Fsp3) is 0.562. The first kappa shape index (κ1) is 12.7. The van der Waals surface area contributed by atoms with Crippen molar-refractivity contribution in [3.8, 4) is 0 Å². The quantitative estimate of drug-likeness (QED) is 0.778. The molecule has 0 spiro atoms. The molecule has 1 unspecified atom stereocenters. The van der Waals surface area contributed by atoms with Crippen LogP contribution in [0.25, 0.3) is 0 Å². The average Bonchev–Trinajstić information content (AvgIpc) is 2.79. The maximum atomic E-state index is 10.9. The van der Waals surface area contributed by atoms with Crippen molar-refractivity contribution in [1.82, 2.24) is 0 Å². The van der Waals surface area contributed by atoms with Gasteiger partial charge >= 0.3 is 0 Å². The molecule has 0 aliphatic carbocycles. The van der Waals surface area contributed by atoms with Crippen molar-refractivity contribution < 1.29 is 9.53 Å². The molecule has 0 bridgehead atoms. The van der Waals surface area contributed by atoms with Gasteiger partial charge in [-0.25, -0.2) is 0 Å². The Balaban J connectivity index is 1.76. The monoisotopic (exact) mass is 259 g/mol. The highest BCUT2D eigenvalue weighted by Crippen LogP contribution is 2.34. The molecular weight excluding hydrogens is 238 g/mol.